The van der Waals surface area contributed by atoms with Gasteiger partial charge in [-0.25, -0.2) is 9.37 Å². The van der Waals surface area contributed by atoms with E-state index >= 15 is 0 Å². The van der Waals surface area contributed by atoms with Crippen molar-refractivity contribution in [3.63, 3.8) is 0 Å². The highest BCUT2D eigenvalue weighted by molar-refractivity contribution is 5.79. The van der Waals surface area contributed by atoms with Gasteiger partial charge in [0.15, 0.2) is 6.10 Å². The maximum atomic E-state index is 14.1. The first-order valence-corrected chi connectivity index (χ1v) is 12.0. The second-order valence-corrected chi connectivity index (χ2v) is 9.09. The average Bonchev–Trinajstić information content (AvgIpc) is 3.54. The molecule has 0 fully saturated rings. The fraction of sp³-hybridized carbons (Fsp3) is 0.286. The van der Waals surface area contributed by atoms with Gasteiger partial charge in [0, 0.05) is 36.7 Å². The van der Waals surface area contributed by atoms with Crippen LogP contribution in [0.3, 0.4) is 0 Å². The lowest BCUT2D eigenvalue weighted by atomic mass is 10.0. The van der Waals surface area contributed by atoms with Crippen molar-refractivity contribution < 1.29 is 18.7 Å². The Labute approximate surface area is 202 Å². The number of aromatic nitrogens is 2. The van der Waals surface area contributed by atoms with Gasteiger partial charge in [-0.2, -0.15) is 0 Å². The highest BCUT2D eigenvalue weighted by atomic mass is 19.1. The van der Waals surface area contributed by atoms with Crippen LogP contribution in [0.25, 0.3) is 16.7 Å². The Hall–Kier alpha value is -3.87. The summed E-state index contributed by atoms with van der Waals surface area (Å²) in [5.41, 5.74) is 7.02. The monoisotopic (exact) mass is 471 g/mol. The summed E-state index contributed by atoms with van der Waals surface area (Å²) in [6.45, 7) is 3.82. The summed E-state index contributed by atoms with van der Waals surface area (Å²) < 4.78 is 27.3. The molecule has 0 bridgehead atoms. The van der Waals surface area contributed by atoms with Crippen molar-refractivity contribution in [2.75, 3.05) is 11.9 Å². The highest BCUT2D eigenvalue weighted by Crippen LogP contribution is 2.41. The number of hydrogen-bond donors (Lipinski definition) is 1. The topological polar surface area (TPSA) is 65.4 Å². The first-order valence-electron chi connectivity index (χ1n) is 12.0. The molecule has 6 nitrogen and oxygen atoms in total. The van der Waals surface area contributed by atoms with Crippen molar-refractivity contribution in [2.24, 2.45) is 0 Å². The largest absolute Gasteiger partial charge is 0.489 e. The van der Waals surface area contributed by atoms with E-state index in [0.717, 1.165) is 58.8 Å². The van der Waals surface area contributed by atoms with E-state index in [1.165, 1.54) is 24.1 Å². The third-order valence-electron chi connectivity index (χ3n) is 6.89. The maximum Gasteiger partial charge on any atom is 0.303 e. The van der Waals surface area contributed by atoms with Crippen LogP contribution in [-0.2, 0) is 22.4 Å². The summed E-state index contributed by atoms with van der Waals surface area (Å²) in [6, 6.07) is 17.2. The average molecular weight is 472 g/mol. The molecule has 0 radical (unpaired) electrons. The molecule has 1 aliphatic heterocycles. The van der Waals surface area contributed by atoms with Crippen LogP contribution in [0.1, 0.15) is 54.9 Å². The molecule has 4 aromatic rings. The van der Waals surface area contributed by atoms with Gasteiger partial charge in [-0.05, 0) is 54.3 Å². The molecule has 1 aromatic heterocycles. The minimum Gasteiger partial charge on any atom is -0.489 e. The summed E-state index contributed by atoms with van der Waals surface area (Å²) >= 11 is 0. The van der Waals surface area contributed by atoms with Crippen molar-refractivity contribution in [3.8, 4) is 11.4 Å². The lowest BCUT2D eigenvalue weighted by Gasteiger charge is -2.18. The number of fused-ring (bicyclic) bond motifs is 3. The van der Waals surface area contributed by atoms with E-state index in [9.17, 15) is 9.18 Å². The summed E-state index contributed by atoms with van der Waals surface area (Å²) in [5.74, 6) is 1.09. The first-order chi connectivity index (χ1) is 17.0. The molecule has 2 aliphatic rings. The number of benzene rings is 3. The highest BCUT2D eigenvalue weighted by Gasteiger charge is 2.29. The Kier molecular flexibility index (Phi) is 5.20. The zero-order valence-electron chi connectivity index (χ0n) is 19.7. The van der Waals surface area contributed by atoms with Gasteiger partial charge < -0.3 is 14.8 Å². The van der Waals surface area contributed by atoms with Crippen molar-refractivity contribution in [1.29, 1.82) is 0 Å². The Morgan fingerprint density at radius 1 is 1.20 bits per heavy atom. The van der Waals surface area contributed by atoms with Crippen LogP contribution in [-0.4, -0.2) is 22.1 Å². The number of aryl methyl sites for hydroxylation is 1. The Morgan fingerprint density at radius 2 is 2.09 bits per heavy atom. The first kappa shape index (κ1) is 21.6. The second-order valence-electron chi connectivity index (χ2n) is 9.09. The fourth-order valence-electron chi connectivity index (χ4n) is 5.37. The van der Waals surface area contributed by atoms with Crippen LogP contribution in [0.5, 0.6) is 5.75 Å². The van der Waals surface area contributed by atoms with Gasteiger partial charge in [0.05, 0.1) is 22.8 Å². The van der Waals surface area contributed by atoms with Gasteiger partial charge in [-0.3, -0.25) is 9.36 Å². The molecule has 6 rings (SSSR count). The van der Waals surface area contributed by atoms with Gasteiger partial charge >= 0.3 is 5.97 Å². The SMILES string of the molecule is CCc1nc2ccc(F)cc2n1-c1cccc2c1CCC2Nc1ccc2c(c1)OC[C@H]2OC(C)=O. The molecule has 2 heterocycles. The number of anilines is 1. The van der Waals surface area contributed by atoms with Gasteiger partial charge in [-0.15, -0.1) is 0 Å². The molecule has 35 heavy (non-hydrogen) atoms. The van der Waals surface area contributed by atoms with Crippen LogP contribution in [0.2, 0.25) is 0 Å². The maximum absolute atomic E-state index is 14.1. The lowest BCUT2D eigenvalue weighted by molar-refractivity contribution is -0.147. The lowest BCUT2D eigenvalue weighted by Crippen LogP contribution is -2.09. The van der Waals surface area contributed by atoms with Crippen molar-refractivity contribution in [2.45, 2.75) is 45.3 Å². The standard InChI is InChI=1S/C28H26FN3O3/c1-3-28-31-23-11-7-17(29)13-25(23)32(28)24-6-4-5-19-20(24)10-12-22(19)30-18-8-9-21-26(14-18)34-15-27(21)35-16(2)33/h4-9,11,13-14,22,27,30H,3,10,12,15H2,1-2H3/t22?,27-/m1/s1. The normalized spacial score (nSPS) is 18.3. The van der Waals surface area contributed by atoms with Gasteiger partial charge in [0.1, 0.15) is 24.0 Å². The van der Waals surface area contributed by atoms with E-state index in [-0.39, 0.29) is 23.9 Å². The van der Waals surface area contributed by atoms with Crippen LogP contribution in [0, 0.1) is 5.82 Å². The minimum atomic E-state index is -0.353. The minimum absolute atomic E-state index is 0.144. The number of carbonyl (C=O) groups is 1. The van der Waals surface area contributed by atoms with E-state index in [1.54, 1.807) is 12.1 Å². The quantitative estimate of drug-likeness (QED) is 0.372. The summed E-state index contributed by atoms with van der Waals surface area (Å²) in [7, 11) is 0. The van der Waals surface area contributed by atoms with Crippen LogP contribution < -0.4 is 10.1 Å². The molecule has 1 aliphatic carbocycles. The number of halogens is 1. The Morgan fingerprint density at radius 3 is 2.91 bits per heavy atom. The van der Waals surface area contributed by atoms with Crippen molar-refractivity contribution >= 4 is 22.7 Å². The van der Waals surface area contributed by atoms with Gasteiger partial charge in [0.25, 0.3) is 0 Å². The van der Waals surface area contributed by atoms with Gasteiger partial charge in [-0.1, -0.05) is 19.1 Å². The molecule has 2 atom stereocenters. The molecule has 0 saturated heterocycles. The smallest absolute Gasteiger partial charge is 0.303 e. The number of rotatable bonds is 5. The molecule has 1 unspecified atom stereocenters. The number of carbonyl (C=O) groups excluding carboxylic acids is 1. The molecule has 0 spiro atoms. The van der Waals surface area contributed by atoms with E-state index in [2.05, 4.69) is 35.0 Å². The predicted octanol–water partition coefficient (Wildman–Crippen LogP) is 5.82. The van der Waals surface area contributed by atoms with Crippen LogP contribution in [0.15, 0.2) is 54.6 Å². The number of nitrogens with one attached hydrogen (secondary N) is 1. The van der Waals surface area contributed by atoms with E-state index in [4.69, 9.17) is 14.5 Å². The third kappa shape index (κ3) is 3.71. The zero-order valence-corrected chi connectivity index (χ0v) is 19.7. The second kappa shape index (κ2) is 8.41. The van der Waals surface area contributed by atoms with Crippen molar-refractivity contribution in [1.82, 2.24) is 9.55 Å². The molecule has 0 amide bonds. The number of hydrogen-bond acceptors (Lipinski definition) is 5. The Bertz CT molecular complexity index is 1460. The zero-order chi connectivity index (χ0) is 24.1. The van der Waals surface area contributed by atoms with Crippen molar-refractivity contribution in [3.05, 3.63) is 82.9 Å². The molecule has 7 heteroatoms. The van der Waals surface area contributed by atoms with E-state index in [1.807, 2.05) is 18.2 Å². The number of ether oxygens (including phenoxy) is 2. The fourth-order valence-corrected chi connectivity index (χ4v) is 5.37. The molecular weight excluding hydrogens is 445 g/mol. The molecule has 1 N–H and O–H groups in total. The summed E-state index contributed by atoms with van der Waals surface area (Å²) in [6.07, 6.45) is 2.26. The number of nitrogens with zero attached hydrogens (tertiary/aromatic N) is 2. The Balaban J connectivity index is 1.33. The van der Waals surface area contributed by atoms with E-state index < -0.39 is 0 Å². The van der Waals surface area contributed by atoms with Crippen LogP contribution in [0.4, 0.5) is 10.1 Å². The van der Waals surface area contributed by atoms with Crippen LogP contribution >= 0.6 is 0 Å². The predicted molar refractivity (Wildman–Crippen MR) is 132 cm³/mol. The summed E-state index contributed by atoms with van der Waals surface area (Å²) in [4.78, 5) is 16.1. The molecule has 0 saturated carbocycles. The number of esters is 1. The molecule has 178 valence electrons. The van der Waals surface area contributed by atoms with Gasteiger partial charge in [0.2, 0.25) is 0 Å². The summed E-state index contributed by atoms with van der Waals surface area (Å²) in [5, 5.41) is 3.66. The third-order valence-corrected chi connectivity index (χ3v) is 6.89. The number of imidazole rings is 1. The molecular formula is C28H26FN3O3. The molecule has 3 aromatic carbocycles. The van der Waals surface area contributed by atoms with E-state index in [0.29, 0.717) is 6.61 Å².